The lowest BCUT2D eigenvalue weighted by Crippen LogP contribution is -1.95. The molecule has 4 aromatic carbocycles. The molecule has 2 heterocycles. The lowest BCUT2D eigenvalue weighted by Gasteiger charge is -2.10. The minimum absolute atomic E-state index is 0.717. The molecule has 6 aromatic rings. The second-order valence-electron chi connectivity index (χ2n) is 7.06. The van der Waals surface area contributed by atoms with E-state index in [1.54, 1.807) is 0 Å². The smallest absolute Gasteiger partial charge is 0.160 e. The molecular weight excluding hydrogens is 356 g/mol. The molecule has 6 rings (SSSR count). The van der Waals surface area contributed by atoms with E-state index in [1.807, 2.05) is 72.8 Å². The summed E-state index contributed by atoms with van der Waals surface area (Å²) in [6.07, 6.45) is 0. The molecule has 0 N–H and O–H groups in total. The Morgan fingerprint density at radius 3 is 2.00 bits per heavy atom. The van der Waals surface area contributed by atoms with E-state index in [0.29, 0.717) is 0 Å². The van der Waals surface area contributed by atoms with Crippen LogP contribution in [0.5, 0.6) is 0 Å². The summed E-state index contributed by atoms with van der Waals surface area (Å²) in [5.41, 5.74) is 5.63. The number of aromatic nitrogens is 2. The highest BCUT2D eigenvalue weighted by Crippen LogP contribution is 2.37. The molecular formula is C26H16N2O. The summed E-state index contributed by atoms with van der Waals surface area (Å²) >= 11 is 0. The van der Waals surface area contributed by atoms with E-state index in [0.717, 1.165) is 55.5 Å². The fourth-order valence-corrected chi connectivity index (χ4v) is 3.94. The van der Waals surface area contributed by atoms with Crippen LogP contribution in [0.2, 0.25) is 0 Å². The van der Waals surface area contributed by atoms with Gasteiger partial charge in [-0.1, -0.05) is 78.9 Å². The zero-order valence-corrected chi connectivity index (χ0v) is 15.5. The van der Waals surface area contributed by atoms with Crippen LogP contribution in [0.15, 0.2) is 101 Å². The van der Waals surface area contributed by atoms with Crippen LogP contribution in [0.25, 0.3) is 55.5 Å². The molecule has 0 aliphatic carbocycles. The van der Waals surface area contributed by atoms with Gasteiger partial charge < -0.3 is 4.42 Å². The molecule has 3 nitrogen and oxygen atoms in total. The molecule has 0 unspecified atom stereocenters. The summed E-state index contributed by atoms with van der Waals surface area (Å²) in [5, 5.41) is 3.13. The van der Waals surface area contributed by atoms with Gasteiger partial charge in [0.25, 0.3) is 0 Å². The Bertz CT molecular complexity index is 1490. The molecule has 0 saturated heterocycles. The van der Waals surface area contributed by atoms with Crippen molar-refractivity contribution in [3.8, 4) is 22.6 Å². The molecule has 0 aliphatic heterocycles. The fraction of sp³-hybridized carbons (Fsp3) is 0. The number of hydrogen-bond acceptors (Lipinski definition) is 3. The van der Waals surface area contributed by atoms with Crippen LogP contribution in [-0.2, 0) is 0 Å². The Kier molecular flexibility index (Phi) is 3.47. The van der Waals surface area contributed by atoms with Gasteiger partial charge in [0.05, 0.1) is 16.6 Å². The van der Waals surface area contributed by atoms with Crippen molar-refractivity contribution >= 4 is 32.8 Å². The van der Waals surface area contributed by atoms with Crippen molar-refractivity contribution in [3.05, 3.63) is 97.1 Å². The summed E-state index contributed by atoms with van der Waals surface area (Å²) in [6, 6.07) is 32.6. The molecule has 0 aliphatic rings. The molecule has 3 heteroatoms. The van der Waals surface area contributed by atoms with Crippen molar-refractivity contribution in [1.29, 1.82) is 0 Å². The average molecular weight is 372 g/mol. The van der Waals surface area contributed by atoms with Crippen LogP contribution in [0.4, 0.5) is 0 Å². The minimum atomic E-state index is 0.717. The van der Waals surface area contributed by atoms with Gasteiger partial charge in [-0.15, -0.1) is 0 Å². The monoisotopic (exact) mass is 372 g/mol. The summed E-state index contributed by atoms with van der Waals surface area (Å²) in [7, 11) is 0. The lowest BCUT2D eigenvalue weighted by molar-refractivity contribution is 0.669. The quantitative estimate of drug-likeness (QED) is 0.333. The van der Waals surface area contributed by atoms with Crippen molar-refractivity contribution in [2.24, 2.45) is 0 Å². The summed E-state index contributed by atoms with van der Waals surface area (Å²) in [4.78, 5) is 9.98. The second kappa shape index (κ2) is 6.28. The number of hydrogen-bond donors (Lipinski definition) is 0. The van der Waals surface area contributed by atoms with E-state index in [9.17, 15) is 0 Å². The SMILES string of the molecule is c1ccc(-c2nc(-c3ccccc3)c3ccc4oc5ccccc5c4c3n2)cc1. The third-order valence-electron chi connectivity index (χ3n) is 5.29. The summed E-state index contributed by atoms with van der Waals surface area (Å²) < 4.78 is 6.09. The predicted molar refractivity (Wildman–Crippen MR) is 118 cm³/mol. The van der Waals surface area contributed by atoms with Gasteiger partial charge in [-0.2, -0.15) is 0 Å². The maximum atomic E-state index is 6.09. The van der Waals surface area contributed by atoms with Crippen molar-refractivity contribution < 1.29 is 4.42 Å². The van der Waals surface area contributed by atoms with Crippen molar-refractivity contribution in [2.45, 2.75) is 0 Å². The fourth-order valence-electron chi connectivity index (χ4n) is 3.94. The number of rotatable bonds is 2. The molecule has 0 spiro atoms. The third-order valence-corrected chi connectivity index (χ3v) is 5.29. The van der Waals surface area contributed by atoms with Crippen LogP contribution < -0.4 is 0 Å². The van der Waals surface area contributed by atoms with Crippen LogP contribution in [0.3, 0.4) is 0 Å². The van der Waals surface area contributed by atoms with Crippen LogP contribution in [0, 0.1) is 0 Å². The zero-order chi connectivity index (χ0) is 19.2. The molecule has 0 amide bonds. The van der Waals surface area contributed by atoms with Gasteiger partial charge in [-0.05, 0) is 18.2 Å². The van der Waals surface area contributed by atoms with E-state index < -0.39 is 0 Å². The number of para-hydroxylation sites is 1. The Hall–Kier alpha value is -3.98. The standard InChI is InChI=1S/C26H16N2O/c1-3-9-17(10-4-1)24-20-15-16-22-23(19-13-7-8-14-21(19)29-22)25(20)28-26(27-24)18-11-5-2-6-12-18/h1-16H. The molecule has 29 heavy (non-hydrogen) atoms. The van der Waals surface area contributed by atoms with Gasteiger partial charge in [0.15, 0.2) is 5.82 Å². The second-order valence-corrected chi connectivity index (χ2v) is 7.06. The van der Waals surface area contributed by atoms with E-state index in [1.165, 1.54) is 0 Å². The first-order valence-corrected chi connectivity index (χ1v) is 9.61. The van der Waals surface area contributed by atoms with E-state index in [-0.39, 0.29) is 0 Å². The van der Waals surface area contributed by atoms with Gasteiger partial charge in [-0.25, -0.2) is 9.97 Å². The average Bonchev–Trinajstić information content (AvgIpc) is 3.18. The first-order chi connectivity index (χ1) is 14.4. The Balaban J connectivity index is 1.80. The van der Waals surface area contributed by atoms with Crippen LogP contribution >= 0.6 is 0 Å². The first-order valence-electron chi connectivity index (χ1n) is 9.61. The molecule has 0 fully saturated rings. The van der Waals surface area contributed by atoms with Gasteiger partial charge in [0, 0.05) is 21.9 Å². The molecule has 0 bridgehead atoms. The molecule has 0 saturated carbocycles. The molecule has 0 radical (unpaired) electrons. The van der Waals surface area contributed by atoms with E-state index in [2.05, 4.69) is 24.3 Å². The highest BCUT2D eigenvalue weighted by atomic mass is 16.3. The largest absolute Gasteiger partial charge is 0.456 e. The van der Waals surface area contributed by atoms with Crippen LogP contribution in [-0.4, -0.2) is 9.97 Å². The van der Waals surface area contributed by atoms with E-state index in [4.69, 9.17) is 14.4 Å². The topological polar surface area (TPSA) is 38.9 Å². The van der Waals surface area contributed by atoms with Gasteiger partial charge in [0.1, 0.15) is 11.2 Å². The number of furan rings is 1. The third kappa shape index (κ3) is 2.52. The minimum Gasteiger partial charge on any atom is -0.456 e. The normalized spacial score (nSPS) is 11.4. The maximum Gasteiger partial charge on any atom is 0.160 e. The Morgan fingerprint density at radius 2 is 1.21 bits per heavy atom. The highest BCUT2D eigenvalue weighted by molar-refractivity contribution is 6.19. The Morgan fingerprint density at radius 1 is 0.517 bits per heavy atom. The molecule has 136 valence electrons. The summed E-state index contributed by atoms with van der Waals surface area (Å²) in [6.45, 7) is 0. The number of fused-ring (bicyclic) bond motifs is 5. The lowest BCUT2D eigenvalue weighted by atomic mass is 10.0. The molecule has 0 atom stereocenters. The maximum absolute atomic E-state index is 6.09. The van der Waals surface area contributed by atoms with Gasteiger partial charge in [0.2, 0.25) is 0 Å². The van der Waals surface area contributed by atoms with Gasteiger partial charge in [-0.3, -0.25) is 0 Å². The Labute approximate surface area is 167 Å². The van der Waals surface area contributed by atoms with Crippen LogP contribution in [0.1, 0.15) is 0 Å². The summed E-state index contributed by atoms with van der Waals surface area (Å²) in [5.74, 6) is 0.717. The van der Waals surface area contributed by atoms with Crippen molar-refractivity contribution in [1.82, 2.24) is 9.97 Å². The number of benzene rings is 4. The number of nitrogens with zero attached hydrogens (tertiary/aromatic N) is 2. The zero-order valence-electron chi connectivity index (χ0n) is 15.5. The van der Waals surface area contributed by atoms with Crippen molar-refractivity contribution in [3.63, 3.8) is 0 Å². The van der Waals surface area contributed by atoms with E-state index >= 15 is 0 Å². The van der Waals surface area contributed by atoms with Gasteiger partial charge >= 0.3 is 0 Å². The highest BCUT2D eigenvalue weighted by Gasteiger charge is 2.17. The predicted octanol–water partition coefficient (Wildman–Crippen LogP) is 6.86. The first kappa shape index (κ1) is 16.0. The van der Waals surface area contributed by atoms with Crippen molar-refractivity contribution in [2.75, 3.05) is 0 Å². The molecule has 2 aromatic heterocycles.